The predicted molar refractivity (Wildman–Crippen MR) is 203 cm³/mol. The van der Waals surface area contributed by atoms with Crippen LogP contribution in [0, 0.1) is 47.6 Å². The molecule has 0 radical (unpaired) electrons. The topological polar surface area (TPSA) is 109 Å². The summed E-state index contributed by atoms with van der Waals surface area (Å²) < 4.78 is 18.3. The van der Waals surface area contributed by atoms with E-state index in [0.29, 0.717) is 21.5 Å². The molecule has 0 amide bonds. The van der Waals surface area contributed by atoms with Crippen molar-refractivity contribution < 1.29 is 9.47 Å². The molecule has 2 unspecified atom stereocenters. The van der Waals surface area contributed by atoms with Crippen LogP contribution in [0.15, 0.2) is 34.3 Å². The van der Waals surface area contributed by atoms with E-state index in [2.05, 4.69) is 79.3 Å². The van der Waals surface area contributed by atoms with Gasteiger partial charge in [-0.25, -0.2) is 14.7 Å². The predicted octanol–water partition coefficient (Wildman–Crippen LogP) is 6.29. The van der Waals surface area contributed by atoms with Crippen LogP contribution in [0.4, 0.5) is 10.0 Å². The van der Waals surface area contributed by atoms with Gasteiger partial charge in [0.05, 0.1) is 60.2 Å². The standard InChI is InChI=1S/C36H22N8O2S4/c1-39-36(40-2)42-31-14-27(46-6)35(50-31)29-12-25-33(48-29)21-8-18-9-22-20(7-17(18)10-23(21)44(25)4)32-24(43(22)3)11-28(47-32)34-26(45-5)13-30(49-34)41-19(15-37)16-38/h7-14,17-18H,3-6H3. The van der Waals surface area contributed by atoms with E-state index >= 15 is 0 Å². The third kappa shape index (κ3) is 4.81. The molecule has 0 aliphatic heterocycles. The van der Waals surface area contributed by atoms with Crippen LogP contribution in [-0.4, -0.2) is 35.0 Å². The molecule has 6 aromatic heterocycles. The number of methoxy groups -OCH3 is 2. The van der Waals surface area contributed by atoms with Gasteiger partial charge in [0.2, 0.25) is 5.71 Å². The van der Waals surface area contributed by atoms with Gasteiger partial charge < -0.3 is 18.6 Å². The first kappa shape index (κ1) is 31.5. The summed E-state index contributed by atoms with van der Waals surface area (Å²) in [4.78, 5) is 18.7. The second kappa shape index (κ2) is 12.0. The molecule has 0 saturated heterocycles. The Hall–Kier alpha value is -5.74. The Bertz CT molecular complexity index is 2720. The molecule has 50 heavy (non-hydrogen) atoms. The molecule has 0 saturated carbocycles. The number of guanidine groups is 1. The van der Waals surface area contributed by atoms with Gasteiger partial charge in [0, 0.05) is 58.1 Å². The molecule has 2 aliphatic carbocycles. The Balaban J connectivity index is 1.20. The quantitative estimate of drug-likeness (QED) is 0.114. The Labute approximate surface area is 300 Å². The average Bonchev–Trinajstić information content (AvgIpc) is 3.98. The molecular formula is C36H22N8O2S4. The average molecular weight is 727 g/mol. The van der Waals surface area contributed by atoms with Gasteiger partial charge in [0.15, 0.2) is 0 Å². The number of fused-ring (bicyclic) bond motifs is 7. The van der Waals surface area contributed by atoms with Crippen LogP contribution in [-0.2, 0) is 14.1 Å². The van der Waals surface area contributed by atoms with Gasteiger partial charge in [-0.1, -0.05) is 35.6 Å². The van der Waals surface area contributed by atoms with E-state index in [4.69, 9.17) is 33.1 Å². The van der Waals surface area contributed by atoms with Crippen LogP contribution in [0.2, 0.25) is 0 Å². The molecule has 0 N–H and O–H groups in total. The molecule has 2 aliphatic rings. The normalized spacial score (nSPS) is 15.4. The molecule has 14 heteroatoms. The summed E-state index contributed by atoms with van der Waals surface area (Å²) >= 11 is 6.24. The summed E-state index contributed by atoms with van der Waals surface area (Å²) in [5.74, 6) is 1.50. The van der Waals surface area contributed by atoms with E-state index in [1.165, 1.54) is 53.2 Å². The smallest absolute Gasteiger partial charge is 0.495 e. The molecule has 6 heterocycles. The van der Waals surface area contributed by atoms with Crippen molar-refractivity contribution in [2.24, 2.45) is 35.9 Å². The molecule has 0 bridgehead atoms. The number of rotatable bonds is 6. The SMILES string of the molecule is [C-]#[N+]C(=Nc1cc(OC)c(-c2cc3c(s2)c2c(n3C)=CC3C=c4c(n(C)c5cc(-c6sc(N=C(C#N)C#N)cc6OC)sc45)=CC3C=2)s1)[N+]#[C-]. The number of aryl methyl sites for hydroxylation is 2. The van der Waals surface area contributed by atoms with Gasteiger partial charge in [-0.3, -0.25) is 0 Å². The molecule has 10 nitrogen and oxygen atoms in total. The van der Waals surface area contributed by atoms with E-state index in [-0.39, 0.29) is 23.5 Å². The molecule has 0 spiro atoms. The van der Waals surface area contributed by atoms with Crippen LogP contribution >= 0.6 is 45.3 Å². The first-order valence-corrected chi connectivity index (χ1v) is 18.3. The van der Waals surface area contributed by atoms with Crippen LogP contribution in [0.1, 0.15) is 0 Å². The van der Waals surface area contributed by atoms with Gasteiger partial charge in [-0.05, 0) is 25.3 Å². The maximum atomic E-state index is 9.17. The summed E-state index contributed by atoms with van der Waals surface area (Å²) in [6, 6.07) is 11.6. The van der Waals surface area contributed by atoms with Crippen molar-refractivity contribution in [2.45, 2.75) is 0 Å². The minimum atomic E-state index is -0.219. The van der Waals surface area contributed by atoms with Gasteiger partial charge in [0.25, 0.3) is 5.00 Å². The minimum Gasteiger partial charge on any atom is -0.495 e. The number of aliphatic imine (C=N–C) groups is 2. The van der Waals surface area contributed by atoms with E-state index in [9.17, 15) is 0 Å². The lowest BCUT2D eigenvalue weighted by molar-refractivity contribution is 0.418. The highest BCUT2D eigenvalue weighted by molar-refractivity contribution is 7.28. The molecule has 242 valence electrons. The highest BCUT2D eigenvalue weighted by Gasteiger charge is 2.27. The van der Waals surface area contributed by atoms with Gasteiger partial charge in [-0.15, -0.1) is 34.0 Å². The molecule has 0 fully saturated rings. The lowest BCUT2D eigenvalue weighted by atomic mass is 9.84. The monoisotopic (exact) mass is 726 g/mol. The summed E-state index contributed by atoms with van der Waals surface area (Å²) in [7, 11) is 7.44. The number of hydrogen-bond donors (Lipinski definition) is 0. The number of ether oxygens (including phenoxy) is 2. The Kier molecular flexibility index (Phi) is 7.56. The van der Waals surface area contributed by atoms with Crippen molar-refractivity contribution in [3.05, 3.63) is 68.2 Å². The van der Waals surface area contributed by atoms with E-state index in [0.717, 1.165) is 30.5 Å². The maximum absolute atomic E-state index is 9.17. The number of hydrogen-bond acceptors (Lipinski definition) is 10. The van der Waals surface area contributed by atoms with Crippen LogP contribution in [0.25, 0.3) is 73.9 Å². The molecule has 6 aromatic rings. The van der Waals surface area contributed by atoms with E-state index < -0.39 is 0 Å². The zero-order valence-corrected chi connectivity index (χ0v) is 30.1. The fourth-order valence-corrected chi connectivity index (χ4v) is 11.2. The molecule has 0 aromatic carbocycles. The zero-order valence-electron chi connectivity index (χ0n) is 26.8. The lowest BCUT2D eigenvalue weighted by Gasteiger charge is -2.21. The molecule has 8 rings (SSSR count). The van der Waals surface area contributed by atoms with Crippen molar-refractivity contribution in [2.75, 3.05) is 14.2 Å². The Morgan fingerprint density at radius 3 is 1.60 bits per heavy atom. The highest BCUT2D eigenvalue weighted by Crippen LogP contribution is 2.47. The third-order valence-electron chi connectivity index (χ3n) is 8.88. The largest absolute Gasteiger partial charge is 0.635 e. The fraction of sp³-hybridized carbons (Fsp3) is 0.167. The van der Waals surface area contributed by atoms with Crippen LogP contribution < -0.4 is 30.6 Å². The summed E-state index contributed by atoms with van der Waals surface area (Å²) in [5.41, 5.74) is 2.08. The van der Waals surface area contributed by atoms with Crippen LogP contribution in [0.3, 0.4) is 0 Å². The van der Waals surface area contributed by atoms with Gasteiger partial charge in [0.1, 0.15) is 28.6 Å². The van der Waals surface area contributed by atoms with Crippen molar-refractivity contribution >= 4 is 112 Å². The van der Waals surface area contributed by atoms with Crippen molar-refractivity contribution in [1.29, 1.82) is 10.5 Å². The lowest BCUT2D eigenvalue weighted by Crippen LogP contribution is -2.39. The maximum Gasteiger partial charge on any atom is 0.635 e. The second-order valence-corrected chi connectivity index (χ2v) is 15.6. The second-order valence-electron chi connectivity index (χ2n) is 11.5. The summed E-state index contributed by atoms with van der Waals surface area (Å²) in [6.45, 7) is 14.4. The number of nitriles is 2. The number of nitrogens with zero attached hydrogens (tertiary/aromatic N) is 8. The molecular weight excluding hydrogens is 705 g/mol. The number of aromatic nitrogens is 2. The summed E-state index contributed by atoms with van der Waals surface area (Å²) in [6.07, 6.45) is 9.54. The fourth-order valence-electron chi connectivity index (χ4n) is 6.58. The van der Waals surface area contributed by atoms with Crippen LogP contribution in [0.5, 0.6) is 11.5 Å². The van der Waals surface area contributed by atoms with Crippen molar-refractivity contribution in [3.8, 4) is 43.1 Å². The first-order chi connectivity index (χ1) is 24.3. The third-order valence-corrected chi connectivity index (χ3v) is 13.6. The number of thiophene rings is 4. The van der Waals surface area contributed by atoms with Crippen molar-refractivity contribution in [1.82, 2.24) is 9.13 Å². The Morgan fingerprint density at radius 2 is 1.18 bits per heavy atom. The highest BCUT2D eigenvalue weighted by atomic mass is 32.1. The van der Waals surface area contributed by atoms with E-state index in [1.807, 2.05) is 12.1 Å². The van der Waals surface area contributed by atoms with E-state index in [1.54, 1.807) is 49.0 Å². The first-order valence-electron chi connectivity index (χ1n) is 15.0. The van der Waals surface area contributed by atoms with Gasteiger partial charge in [-0.2, -0.15) is 10.5 Å². The van der Waals surface area contributed by atoms with Crippen molar-refractivity contribution in [3.63, 3.8) is 0 Å². The zero-order chi connectivity index (χ0) is 34.8. The minimum absolute atomic E-state index is 0.190. The Morgan fingerprint density at radius 1 is 0.720 bits per heavy atom. The molecule has 2 atom stereocenters. The summed E-state index contributed by atoms with van der Waals surface area (Å²) in [5, 5.41) is 24.3. The van der Waals surface area contributed by atoms with Gasteiger partial charge >= 0.3 is 5.96 Å².